The molecule has 35 heavy (non-hydrogen) atoms. The van der Waals surface area contributed by atoms with Gasteiger partial charge in [-0.15, -0.1) is 0 Å². The molecule has 1 aliphatic carbocycles. The highest BCUT2D eigenvalue weighted by molar-refractivity contribution is 6.30. The number of fused-ring (bicyclic) bond motifs is 1. The number of rotatable bonds is 8. The number of urea groups is 1. The van der Waals surface area contributed by atoms with E-state index in [4.69, 9.17) is 11.6 Å². The van der Waals surface area contributed by atoms with Crippen LogP contribution in [-0.4, -0.2) is 88.2 Å². The molecule has 1 N–H and O–H groups in total. The number of amides is 2. The normalized spacial score (nSPS) is 19.8. The van der Waals surface area contributed by atoms with E-state index < -0.39 is 6.10 Å². The summed E-state index contributed by atoms with van der Waals surface area (Å²) < 4.78 is 0. The highest BCUT2D eigenvalue weighted by atomic mass is 35.5. The van der Waals surface area contributed by atoms with Crippen LogP contribution >= 0.6 is 11.6 Å². The summed E-state index contributed by atoms with van der Waals surface area (Å²) in [6.45, 7) is 13.1. The Bertz CT molecular complexity index is 992. The van der Waals surface area contributed by atoms with Gasteiger partial charge in [0.2, 0.25) is 0 Å². The summed E-state index contributed by atoms with van der Waals surface area (Å²) in [5, 5.41) is 11.0. The van der Waals surface area contributed by atoms with Crippen LogP contribution in [0.3, 0.4) is 0 Å². The number of nitrogens with zero attached hydrogens (tertiary/aromatic N) is 6. The van der Waals surface area contributed by atoms with E-state index in [1.54, 1.807) is 6.33 Å². The topological polar surface area (TPSA) is 76.0 Å². The molecule has 9 heteroatoms. The van der Waals surface area contributed by atoms with Gasteiger partial charge < -0.3 is 24.7 Å². The molecule has 4 rings (SSSR count). The Morgan fingerprint density at radius 1 is 1.09 bits per heavy atom. The Morgan fingerprint density at radius 2 is 1.77 bits per heavy atom. The average molecular weight is 501 g/mol. The molecule has 1 aromatic heterocycles. The van der Waals surface area contributed by atoms with Crippen LogP contribution in [-0.2, 0) is 6.54 Å². The van der Waals surface area contributed by atoms with E-state index >= 15 is 0 Å². The van der Waals surface area contributed by atoms with Gasteiger partial charge in [0.25, 0.3) is 0 Å². The molecule has 8 nitrogen and oxygen atoms in total. The van der Waals surface area contributed by atoms with E-state index in [-0.39, 0.29) is 11.9 Å². The lowest BCUT2D eigenvalue weighted by Gasteiger charge is -2.39. The predicted molar refractivity (Wildman–Crippen MR) is 139 cm³/mol. The van der Waals surface area contributed by atoms with E-state index in [1.807, 2.05) is 34.1 Å². The van der Waals surface area contributed by atoms with Crippen LogP contribution in [0.1, 0.15) is 56.0 Å². The molecule has 1 saturated heterocycles. The highest BCUT2D eigenvalue weighted by Crippen LogP contribution is 2.42. The summed E-state index contributed by atoms with van der Waals surface area (Å²) >= 11 is 6.07. The van der Waals surface area contributed by atoms with Gasteiger partial charge >= 0.3 is 6.03 Å². The van der Waals surface area contributed by atoms with Crippen LogP contribution in [0.25, 0.3) is 0 Å². The smallest absolute Gasteiger partial charge is 0.320 e. The quantitative estimate of drug-likeness (QED) is 0.595. The number of carbonyl (C=O) groups is 1. The molecule has 2 atom stereocenters. The van der Waals surface area contributed by atoms with Crippen LogP contribution in [0, 0.1) is 0 Å². The lowest BCUT2D eigenvalue weighted by Crippen LogP contribution is -2.54. The molecule has 1 aromatic carbocycles. The first-order chi connectivity index (χ1) is 16.9. The van der Waals surface area contributed by atoms with E-state index in [0.717, 1.165) is 42.3 Å². The van der Waals surface area contributed by atoms with Crippen LogP contribution < -0.4 is 4.90 Å². The summed E-state index contributed by atoms with van der Waals surface area (Å²) in [5.41, 5.74) is 2.89. The van der Waals surface area contributed by atoms with Crippen molar-refractivity contribution in [2.75, 3.05) is 57.3 Å². The van der Waals surface area contributed by atoms with Crippen molar-refractivity contribution in [1.29, 1.82) is 0 Å². The summed E-state index contributed by atoms with van der Waals surface area (Å²) in [4.78, 5) is 31.0. The van der Waals surface area contributed by atoms with Crippen molar-refractivity contribution in [2.45, 2.75) is 45.8 Å². The van der Waals surface area contributed by atoms with E-state index in [2.05, 4.69) is 40.5 Å². The number of hydrogen-bond donors (Lipinski definition) is 1. The number of benzene rings is 1. The fraction of sp³-hybridized carbons (Fsp3) is 0.577. The van der Waals surface area contributed by atoms with Crippen LogP contribution in [0.5, 0.6) is 0 Å². The molecule has 1 aliphatic heterocycles. The van der Waals surface area contributed by atoms with Crippen LogP contribution in [0.2, 0.25) is 5.02 Å². The molecule has 0 saturated carbocycles. The van der Waals surface area contributed by atoms with Crippen molar-refractivity contribution >= 4 is 23.4 Å². The Balaban J connectivity index is 1.43. The SMILES string of the molecule is CCN(CC)CCN(Cc1ccc(Cl)cc1)C(=O)N1CCN(c2ncnc3c2[C@H](C)CC3O)CC1. The van der Waals surface area contributed by atoms with Gasteiger partial charge in [-0.2, -0.15) is 0 Å². The number of carbonyl (C=O) groups excluding carboxylic acids is 1. The molecule has 2 aromatic rings. The van der Waals surface area contributed by atoms with E-state index in [9.17, 15) is 9.90 Å². The first-order valence-electron chi connectivity index (χ1n) is 12.7. The molecule has 0 radical (unpaired) electrons. The third kappa shape index (κ3) is 5.88. The summed E-state index contributed by atoms with van der Waals surface area (Å²) in [7, 11) is 0. The Hall–Kier alpha value is -2.42. The molecule has 0 spiro atoms. The fourth-order valence-electron chi connectivity index (χ4n) is 5.12. The maximum absolute atomic E-state index is 13.6. The van der Waals surface area contributed by atoms with Gasteiger partial charge in [0, 0.05) is 56.4 Å². The second kappa shape index (κ2) is 11.5. The highest BCUT2D eigenvalue weighted by Gasteiger charge is 2.34. The number of hydrogen-bond acceptors (Lipinski definition) is 6. The lowest BCUT2D eigenvalue weighted by atomic mass is 10.1. The van der Waals surface area contributed by atoms with Crippen LogP contribution in [0.4, 0.5) is 10.6 Å². The zero-order chi connectivity index (χ0) is 24.9. The molecule has 190 valence electrons. The maximum atomic E-state index is 13.6. The Morgan fingerprint density at radius 3 is 2.43 bits per heavy atom. The van der Waals surface area contributed by atoms with Gasteiger partial charge in [-0.1, -0.05) is 44.5 Å². The van der Waals surface area contributed by atoms with Crippen molar-refractivity contribution in [2.24, 2.45) is 0 Å². The molecular weight excluding hydrogens is 464 g/mol. The van der Waals surface area contributed by atoms with Crippen molar-refractivity contribution in [3.63, 3.8) is 0 Å². The number of aliphatic hydroxyl groups excluding tert-OH is 1. The minimum absolute atomic E-state index is 0.0727. The number of piperazine rings is 1. The second-order valence-electron chi connectivity index (χ2n) is 9.48. The molecule has 2 amide bonds. The molecule has 1 fully saturated rings. The predicted octanol–water partition coefficient (Wildman–Crippen LogP) is 3.76. The zero-order valence-corrected chi connectivity index (χ0v) is 21.8. The summed E-state index contributed by atoms with van der Waals surface area (Å²) in [6, 6.07) is 7.80. The first-order valence-corrected chi connectivity index (χ1v) is 13.1. The minimum atomic E-state index is -0.517. The average Bonchev–Trinajstić information content (AvgIpc) is 3.18. The largest absolute Gasteiger partial charge is 0.387 e. The molecule has 0 bridgehead atoms. The summed E-state index contributed by atoms with van der Waals surface area (Å²) in [5.74, 6) is 1.14. The van der Waals surface area contributed by atoms with E-state index in [1.165, 1.54) is 0 Å². The number of anilines is 1. The minimum Gasteiger partial charge on any atom is -0.387 e. The second-order valence-corrected chi connectivity index (χ2v) is 9.92. The van der Waals surface area contributed by atoms with Gasteiger partial charge in [-0.05, 0) is 43.1 Å². The third-order valence-electron chi connectivity index (χ3n) is 7.27. The molecule has 1 unspecified atom stereocenters. The van der Waals surface area contributed by atoms with Gasteiger partial charge in [0.1, 0.15) is 12.1 Å². The molecule has 2 aliphatic rings. The molecular formula is C26H37ClN6O2. The summed E-state index contributed by atoms with van der Waals surface area (Å²) in [6.07, 6.45) is 1.72. The van der Waals surface area contributed by atoms with Crippen molar-refractivity contribution in [3.8, 4) is 0 Å². The number of halogens is 1. The number of aromatic nitrogens is 2. The van der Waals surface area contributed by atoms with Gasteiger partial charge in [0.05, 0.1) is 11.8 Å². The molecule has 2 heterocycles. The zero-order valence-electron chi connectivity index (χ0n) is 21.0. The number of aliphatic hydroxyl groups is 1. The van der Waals surface area contributed by atoms with Crippen molar-refractivity contribution in [3.05, 3.63) is 52.4 Å². The first kappa shape index (κ1) is 25.7. The maximum Gasteiger partial charge on any atom is 0.320 e. The standard InChI is InChI=1S/C26H37ClN6O2/c1-4-30(5-2)10-11-33(17-20-6-8-21(27)9-7-20)26(35)32-14-12-31(13-15-32)25-23-19(3)16-22(34)24(23)28-18-29-25/h6-9,18-19,22,34H,4-5,10-17H2,1-3H3/t19-,22?/m1/s1. The van der Waals surface area contributed by atoms with E-state index in [0.29, 0.717) is 50.7 Å². The Labute approximate surface area is 213 Å². The van der Waals surface area contributed by atoms with Gasteiger partial charge in [-0.25, -0.2) is 14.8 Å². The third-order valence-corrected chi connectivity index (χ3v) is 7.52. The monoisotopic (exact) mass is 500 g/mol. The lowest BCUT2D eigenvalue weighted by molar-refractivity contribution is 0.139. The van der Waals surface area contributed by atoms with Crippen LogP contribution in [0.15, 0.2) is 30.6 Å². The Kier molecular flexibility index (Phi) is 8.46. The van der Waals surface area contributed by atoms with Gasteiger partial charge in [0.15, 0.2) is 0 Å². The fourth-order valence-corrected chi connectivity index (χ4v) is 5.24. The van der Waals surface area contributed by atoms with Crippen molar-refractivity contribution in [1.82, 2.24) is 24.7 Å². The van der Waals surface area contributed by atoms with Crippen molar-refractivity contribution < 1.29 is 9.90 Å². The number of likely N-dealkylation sites (N-methyl/N-ethyl adjacent to an activating group) is 1. The van der Waals surface area contributed by atoms with Gasteiger partial charge in [-0.3, -0.25) is 0 Å².